The number of aromatic nitrogens is 2. The monoisotopic (exact) mass is 336 g/mol. The number of anilines is 1. The lowest BCUT2D eigenvalue weighted by Gasteiger charge is -2.19. The van der Waals surface area contributed by atoms with Crippen LogP contribution in [0, 0.1) is 17.7 Å². The number of nitrogens with zero attached hydrogens (tertiary/aromatic N) is 3. The van der Waals surface area contributed by atoms with Gasteiger partial charge in [-0.1, -0.05) is 18.2 Å². The normalized spacial score (nSPS) is 22.8. The zero-order valence-corrected chi connectivity index (χ0v) is 13.5. The average Bonchev–Trinajstić information content (AvgIpc) is 3.32. The van der Waals surface area contributed by atoms with Crippen molar-refractivity contribution in [2.24, 2.45) is 11.8 Å². The number of amides is 1. The van der Waals surface area contributed by atoms with Crippen LogP contribution in [-0.2, 0) is 4.79 Å². The van der Waals surface area contributed by atoms with E-state index in [0.717, 1.165) is 36.2 Å². The number of rotatable bonds is 2. The van der Waals surface area contributed by atoms with Gasteiger partial charge < -0.3 is 10.2 Å². The molecule has 6 heteroatoms. The molecule has 2 saturated heterocycles. The summed E-state index contributed by atoms with van der Waals surface area (Å²) in [5.74, 6) is 0.276. The van der Waals surface area contributed by atoms with E-state index in [1.165, 1.54) is 6.07 Å². The highest BCUT2D eigenvalue weighted by atomic mass is 19.1. The molecular weight excluding hydrogens is 319 g/mol. The van der Waals surface area contributed by atoms with Crippen LogP contribution in [0.5, 0.6) is 0 Å². The highest BCUT2D eigenvalue weighted by molar-refractivity contribution is 6.05. The van der Waals surface area contributed by atoms with Gasteiger partial charge in [0, 0.05) is 30.9 Å². The summed E-state index contributed by atoms with van der Waals surface area (Å²) in [5.41, 5.74) is 2.06. The van der Waals surface area contributed by atoms with Crippen LogP contribution in [0.3, 0.4) is 0 Å². The third-order valence-electron chi connectivity index (χ3n) is 5.30. The molecule has 3 aromatic rings. The topological polar surface area (TPSA) is 50.2 Å². The number of carbonyl (C=O) groups excluding carboxylic acids is 1. The number of carbonyl (C=O) groups is 1. The Balaban J connectivity index is 1.62. The summed E-state index contributed by atoms with van der Waals surface area (Å²) >= 11 is 0. The number of fused-ring (bicyclic) bond motifs is 2. The zero-order valence-electron chi connectivity index (χ0n) is 13.5. The molecule has 2 aliphatic rings. The maximum absolute atomic E-state index is 14.2. The van der Waals surface area contributed by atoms with Gasteiger partial charge >= 0.3 is 0 Å². The molecule has 5 nitrogen and oxygen atoms in total. The van der Waals surface area contributed by atoms with E-state index in [1.807, 2.05) is 23.1 Å². The third-order valence-corrected chi connectivity index (χ3v) is 5.30. The average molecular weight is 336 g/mol. The number of para-hydroxylation sites is 1. The van der Waals surface area contributed by atoms with Gasteiger partial charge in [0.1, 0.15) is 11.5 Å². The molecule has 0 saturated carbocycles. The third kappa shape index (κ3) is 2.10. The molecule has 1 aromatic heterocycles. The molecule has 1 amide bonds. The molecule has 2 fully saturated rings. The fourth-order valence-electron chi connectivity index (χ4n) is 4.04. The second kappa shape index (κ2) is 5.39. The molecule has 3 heterocycles. The van der Waals surface area contributed by atoms with Crippen LogP contribution in [0.4, 0.5) is 10.1 Å². The minimum Gasteiger partial charge on any atom is -0.316 e. The van der Waals surface area contributed by atoms with Gasteiger partial charge in [-0.2, -0.15) is 5.10 Å². The molecular formula is C19H17FN4O. The summed E-state index contributed by atoms with van der Waals surface area (Å²) in [7, 11) is 0. The van der Waals surface area contributed by atoms with Crippen LogP contribution >= 0.6 is 0 Å². The molecule has 0 spiro atoms. The minimum atomic E-state index is -0.323. The van der Waals surface area contributed by atoms with Crippen molar-refractivity contribution < 1.29 is 9.18 Å². The molecule has 2 aliphatic heterocycles. The van der Waals surface area contributed by atoms with Gasteiger partial charge in [-0.25, -0.2) is 9.07 Å². The van der Waals surface area contributed by atoms with Gasteiger partial charge in [-0.05, 0) is 24.3 Å². The Hall–Kier alpha value is -2.73. The summed E-state index contributed by atoms with van der Waals surface area (Å²) in [4.78, 5) is 14.6. The first-order chi connectivity index (χ1) is 12.2. The molecule has 5 rings (SSSR count). The van der Waals surface area contributed by atoms with Crippen molar-refractivity contribution in [2.75, 3.05) is 24.5 Å². The van der Waals surface area contributed by atoms with Crippen molar-refractivity contribution in [3.05, 3.63) is 54.5 Å². The highest BCUT2D eigenvalue weighted by Gasteiger charge is 2.44. The number of nitrogens with one attached hydrogen (secondary N) is 1. The summed E-state index contributed by atoms with van der Waals surface area (Å²) in [6, 6.07) is 12.3. The summed E-state index contributed by atoms with van der Waals surface area (Å²) in [6.07, 6.45) is 1.72. The van der Waals surface area contributed by atoms with Gasteiger partial charge in [0.15, 0.2) is 0 Å². The molecule has 0 bridgehead atoms. The minimum absolute atomic E-state index is 0.0665. The standard InChI is InChI=1S/C19H17FN4O/c20-15-4-1-2-5-18(15)24-17-7-3-6-16(14(17)10-22-24)23-11-12-8-21-9-13(12)19(23)25/h1-7,10,12-13,21H,8-9,11H2/t12-,13-/m0/s1. The summed E-state index contributed by atoms with van der Waals surface area (Å²) < 4.78 is 15.8. The molecule has 2 atom stereocenters. The van der Waals surface area contributed by atoms with E-state index in [-0.39, 0.29) is 17.6 Å². The Morgan fingerprint density at radius 3 is 2.76 bits per heavy atom. The van der Waals surface area contributed by atoms with Crippen molar-refractivity contribution in [2.45, 2.75) is 0 Å². The van der Waals surface area contributed by atoms with Gasteiger partial charge in [0.25, 0.3) is 0 Å². The Bertz CT molecular complexity index is 982. The lowest BCUT2D eigenvalue weighted by atomic mass is 10.0. The first-order valence-electron chi connectivity index (χ1n) is 8.48. The fourth-order valence-corrected chi connectivity index (χ4v) is 4.04. The van der Waals surface area contributed by atoms with Crippen LogP contribution in [0.15, 0.2) is 48.7 Å². The Labute approximate surface area is 144 Å². The lowest BCUT2D eigenvalue weighted by molar-refractivity contribution is -0.120. The molecule has 126 valence electrons. The largest absolute Gasteiger partial charge is 0.316 e. The summed E-state index contributed by atoms with van der Waals surface area (Å²) in [5, 5.41) is 8.54. The van der Waals surface area contributed by atoms with Gasteiger partial charge in [-0.3, -0.25) is 4.79 Å². The number of hydrogen-bond acceptors (Lipinski definition) is 3. The first kappa shape index (κ1) is 14.6. The Morgan fingerprint density at radius 1 is 1.08 bits per heavy atom. The molecule has 2 aromatic carbocycles. The predicted octanol–water partition coefficient (Wildman–Crippen LogP) is 2.35. The number of hydrogen-bond donors (Lipinski definition) is 1. The predicted molar refractivity (Wildman–Crippen MR) is 93.2 cm³/mol. The van der Waals surface area contributed by atoms with Crippen LogP contribution < -0.4 is 10.2 Å². The quantitative estimate of drug-likeness (QED) is 0.781. The van der Waals surface area contributed by atoms with E-state index in [2.05, 4.69) is 10.4 Å². The van der Waals surface area contributed by atoms with Crippen LogP contribution in [-0.4, -0.2) is 35.3 Å². The SMILES string of the molecule is O=C1[C@H]2CNC[C@H]2CN1c1cccc2c1cnn2-c1ccccc1F. The molecule has 1 N–H and O–H groups in total. The smallest absolute Gasteiger partial charge is 0.231 e. The maximum atomic E-state index is 14.2. The van der Waals surface area contributed by atoms with Crippen LogP contribution in [0.2, 0.25) is 0 Å². The number of benzene rings is 2. The van der Waals surface area contributed by atoms with Gasteiger partial charge in [0.2, 0.25) is 5.91 Å². The number of halogens is 1. The molecule has 0 aliphatic carbocycles. The van der Waals surface area contributed by atoms with E-state index < -0.39 is 0 Å². The lowest BCUT2D eigenvalue weighted by Crippen LogP contribution is -2.30. The van der Waals surface area contributed by atoms with Crippen molar-refractivity contribution in [3.8, 4) is 5.69 Å². The van der Waals surface area contributed by atoms with Crippen LogP contribution in [0.25, 0.3) is 16.6 Å². The molecule has 0 unspecified atom stereocenters. The Morgan fingerprint density at radius 2 is 1.92 bits per heavy atom. The highest BCUT2D eigenvalue weighted by Crippen LogP contribution is 2.36. The Kier molecular flexibility index (Phi) is 3.15. The first-order valence-corrected chi connectivity index (χ1v) is 8.48. The van der Waals surface area contributed by atoms with E-state index >= 15 is 0 Å². The van der Waals surface area contributed by atoms with Gasteiger partial charge in [0.05, 0.1) is 23.3 Å². The van der Waals surface area contributed by atoms with E-state index in [9.17, 15) is 9.18 Å². The van der Waals surface area contributed by atoms with E-state index in [0.29, 0.717) is 11.6 Å². The zero-order chi connectivity index (χ0) is 17.0. The van der Waals surface area contributed by atoms with Crippen LogP contribution in [0.1, 0.15) is 0 Å². The van der Waals surface area contributed by atoms with Crippen molar-refractivity contribution >= 4 is 22.5 Å². The summed E-state index contributed by atoms with van der Waals surface area (Å²) in [6.45, 7) is 2.36. The van der Waals surface area contributed by atoms with E-state index in [1.54, 1.807) is 29.1 Å². The fraction of sp³-hybridized carbons (Fsp3) is 0.263. The second-order valence-corrected chi connectivity index (χ2v) is 6.69. The van der Waals surface area contributed by atoms with Crippen molar-refractivity contribution in [3.63, 3.8) is 0 Å². The van der Waals surface area contributed by atoms with Crippen molar-refractivity contribution in [1.82, 2.24) is 15.1 Å². The molecule has 0 radical (unpaired) electrons. The maximum Gasteiger partial charge on any atom is 0.231 e. The van der Waals surface area contributed by atoms with Crippen molar-refractivity contribution in [1.29, 1.82) is 0 Å². The van der Waals surface area contributed by atoms with Gasteiger partial charge in [-0.15, -0.1) is 0 Å². The van der Waals surface area contributed by atoms with E-state index in [4.69, 9.17) is 0 Å². The second-order valence-electron chi connectivity index (χ2n) is 6.69. The molecule has 25 heavy (non-hydrogen) atoms.